The fourth-order valence-corrected chi connectivity index (χ4v) is 1.62. The highest BCUT2D eigenvalue weighted by atomic mass is 16.5. The molecule has 1 aromatic heterocycles. The minimum atomic E-state index is -0.871. The van der Waals surface area contributed by atoms with Crippen LogP contribution in [0.15, 0.2) is 4.52 Å². The van der Waals surface area contributed by atoms with Crippen LogP contribution in [0, 0.1) is 6.92 Å². The van der Waals surface area contributed by atoms with E-state index in [2.05, 4.69) is 10.5 Å². The van der Waals surface area contributed by atoms with Gasteiger partial charge < -0.3 is 14.9 Å². The van der Waals surface area contributed by atoms with Crippen molar-refractivity contribution in [1.29, 1.82) is 0 Å². The SMILES string of the molecule is Cc1c(C(=O)NCCCC(=O)O)noc1C(C)C. The Morgan fingerprint density at radius 2 is 2.11 bits per heavy atom. The Labute approximate surface area is 105 Å². The second-order valence-electron chi connectivity index (χ2n) is 4.43. The number of carbonyl (C=O) groups excluding carboxylic acids is 1. The minimum absolute atomic E-state index is 0.0370. The Hall–Kier alpha value is -1.85. The van der Waals surface area contributed by atoms with Crippen molar-refractivity contribution in [1.82, 2.24) is 10.5 Å². The third-order valence-corrected chi connectivity index (χ3v) is 2.55. The molecule has 0 radical (unpaired) electrons. The van der Waals surface area contributed by atoms with Crippen LogP contribution >= 0.6 is 0 Å². The first-order chi connectivity index (χ1) is 8.43. The average molecular weight is 254 g/mol. The van der Waals surface area contributed by atoms with Gasteiger partial charge in [-0.2, -0.15) is 0 Å². The molecule has 0 fully saturated rings. The van der Waals surface area contributed by atoms with Crippen LogP contribution in [-0.4, -0.2) is 28.7 Å². The molecule has 0 unspecified atom stereocenters. The van der Waals surface area contributed by atoms with E-state index in [-0.39, 0.29) is 23.9 Å². The molecule has 0 atom stereocenters. The maximum absolute atomic E-state index is 11.8. The van der Waals surface area contributed by atoms with Crippen molar-refractivity contribution in [2.45, 2.75) is 39.5 Å². The number of aromatic nitrogens is 1. The summed E-state index contributed by atoms with van der Waals surface area (Å²) in [6.45, 7) is 6.02. The average Bonchev–Trinajstić information content (AvgIpc) is 2.66. The van der Waals surface area contributed by atoms with Gasteiger partial charge in [0.2, 0.25) is 0 Å². The monoisotopic (exact) mass is 254 g/mol. The molecule has 1 rings (SSSR count). The number of carboxylic acid groups (broad SMARTS) is 1. The number of nitrogens with zero attached hydrogens (tertiary/aromatic N) is 1. The van der Waals surface area contributed by atoms with Gasteiger partial charge in [-0.1, -0.05) is 19.0 Å². The van der Waals surface area contributed by atoms with Crippen LogP contribution < -0.4 is 5.32 Å². The van der Waals surface area contributed by atoms with Gasteiger partial charge in [0.05, 0.1) is 0 Å². The third kappa shape index (κ3) is 3.58. The van der Waals surface area contributed by atoms with Crippen LogP contribution in [0.5, 0.6) is 0 Å². The molecule has 18 heavy (non-hydrogen) atoms. The maximum Gasteiger partial charge on any atom is 0.303 e. The second-order valence-corrected chi connectivity index (χ2v) is 4.43. The van der Waals surface area contributed by atoms with E-state index in [1.165, 1.54) is 0 Å². The molecule has 2 N–H and O–H groups in total. The van der Waals surface area contributed by atoms with E-state index in [0.717, 1.165) is 5.56 Å². The van der Waals surface area contributed by atoms with Crippen molar-refractivity contribution in [3.63, 3.8) is 0 Å². The number of amides is 1. The zero-order chi connectivity index (χ0) is 13.7. The Morgan fingerprint density at radius 3 is 2.61 bits per heavy atom. The topological polar surface area (TPSA) is 92.4 Å². The Balaban J connectivity index is 2.54. The van der Waals surface area contributed by atoms with Crippen LogP contribution in [-0.2, 0) is 4.79 Å². The summed E-state index contributed by atoms with van der Waals surface area (Å²) >= 11 is 0. The van der Waals surface area contributed by atoms with E-state index in [0.29, 0.717) is 18.7 Å². The molecule has 6 nitrogen and oxygen atoms in total. The molecule has 1 heterocycles. The van der Waals surface area contributed by atoms with E-state index < -0.39 is 5.97 Å². The summed E-state index contributed by atoms with van der Waals surface area (Å²) < 4.78 is 5.12. The lowest BCUT2D eigenvalue weighted by atomic mass is 10.1. The summed E-state index contributed by atoms with van der Waals surface area (Å²) in [6.07, 6.45) is 0.435. The fraction of sp³-hybridized carbons (Fsp3) is 0.583. The first-order valence-electron chi connectivity index (χ1n) is 5.89. The van der Waals surface area contributed by atoms with Crippen LogP contribution in [0.3, 0.4) is 0 Å². The van der Waals surface area contributed by atoms with Gasteiger partial charge in [-0.15, -0.1) is 0 Å². The van der Waals surface area contributed by atoms with Crippen molar-refractivity contribution in [2.24, 2.45) is 0 Å². The zero-order valence-electron chi connectivity index (χ0n) is 10.8. The van der Waals surface area contributed by atoms with Gasteiger partial charge in [-0.3, -0.25) is 9.59 Å². The van der Waals surface area contributed by atoms with E-state index in [1.807, 2.05) is 13.8 Å². The molecule has 0 aliphatic heterocycles. The fourth-order valence-electron chi connectivity index (χ4n) is 1.62. The molecule has 1 amide bonds. The van der Waals surface area contributed by atoms with Gasteiger partial charge in [0, 0.05) is 24.4 Å². The largest absolute Gasteiger partial charge is 0.481 e. The van der Waals surface area contributed by atoms with Crippen LogP contribution in [0.4, 0.5) is 0 Å². The molecule has 0 saturated carbocycles. The molecule has 100 valence electrons. The zero-order valence-corrected chi connectivity index (χ0v) is 10.8. The lowest BCUT2D eigenvalue weighted by molar-refractivity contribution is -0.137. The molecular formula is C12H18N2O4. The highest BCUT2D eigenvalue weighted by molar-refractivity contribution is 5.93. The molecule has 0 bridgehead atoms. The van der Waals surface area contributed by atoms with Crippen molar-refractivity contribution in [3.8, 4) is 0 Å². The Kier molecular flexibility index (Phi) is 4.88. The van der Waals surface area contributed by atoms with Crippen LogP contribution in [0.1, 0.15) is 54.4 Å². The van der Waals surface area contributed by atoms with Gasteiger partial charge >= 0.3 is 5.97 Å². The number of aliphatic carboxylic acids is 1. The van der Waals surface area contributed by atoms with Gasteiger partial charge in [-0.25, -0.2) is 0 Å². The maximum atomic E-state index is 11.8. The minimum Gasteiger partial charge on any atom is -0.481 e. The number of nitrogens with one attached hydrogen (secondary N) is 1. The predicted octanol–water partition coefficient (Wildman–Crippen LogP) is 1.70. The van der Waals surface area contributed by atoms with Gasteiger partial charge in [-0.05, 0) is 13.3 Å². The van der Waals surface area contributed by atoms with Crippen LogP contribution in [0.25, 0.3) is 0 Å². The van der Waals surface area contributed by atoms with Crippen LogP contribution in [0.2, 0.25) is 0 Å². The molecule has 6 heteroatoms. The molecule has 0 aromatic carbocycles. The van der Waals surface area contributed by atoms with Crippen molar-refractivity contribution >= 4 is 11.9 Å². The van der Waals surface area contributed by atoms with Gasteiger partial charge in [0.15, 0.2) is 5.69 Å². The molecule has 0 saturated heterocycles. The van der Waals surface area contributed by atoms with E-state index in [4.69, 9.17) is 9.63 Å². The summed E-state index contributed by atoms with van der Waals surface area (Å²) in [5.74, 6) is -0.325. The smallest absolute Gasteiger partial charge is 0.303 e. The van der Waals surface area contributed by atoms with Crippen molar-refractivity contribution in [3.05, 3.63) is 17.0 Å². The molecule has 0 aliphatic rings. The highest BCUT2D eigenvalue weighted by Gasteiger charge is 2.19. The normalized spacial score (nSPS) is 10.7. The summed E-state index contributed by atoms with van der Waals surface area (Å²) in [6, 6.07) is 0. The second kappa shape index (κ2) is 6.18. The van der Waals surface area contributed by atoms with E-state index in [1.54, 1.807) is 6.92 Å². The number of carboxylic acids is 1. The summed E-state index contributed by atoms with van der Waals surface area (Å²) in [5, 5.41) is 14.8. The van der Waals surface area contributed by atoms with Gasteiger partial charge in [0.1, 0.15) is 5.76 Å². The van der Waals surface area contributed by atoms with E-state index in [9.17, 15) is 9.59 Å². The predicted molar refractivity (Wildman–Crippen MR) is 64.5 cm³/mol. The van der Waals surface area contributed by atoms with Gasteiger partial charge in [0.25, 0.3) is 5.91 Å². The van der Waals surface area contributed by atoms with E-state index >= 15 is 0 Å². The molecule has 0 aliphatic carbocycles. The number of carbonyl (C=O) groups is 2. The first-order valence-corrected chi connectivity index (χ1v) is 5.89. The lowest BCUT2D eigenvalue weighted by Gasteiger charge is -2.02. The number of hydrogen-bond donors (Lipinski definition) is 2. The number of rotatable bonds is 6. The molecule has 0 spiro atoms. The highest BCUT2D eigenvalue weighted by Crippen LogP contribution is 2.21. The molecule has 1 aromatic rings. The Morgan fingerprint density at radius 1 is 1.44 bits per heavy atom. The number of hydrogen-bond acceptors (Lipinski definition) is 4. The summed E-state index contributed by atoms with van der Waals surface area (Å²) in [4.78, 5) is 22.1. The quantitative estimate of drug-likeness (QED) is 0.754. The standard InChI is InChI=1S/C12H18N2O4/c1-7(2)11-8(3)10(14-18-11)12(17)13-6-4-5-9(15)16/h7H,4-6H2,1-3H3,(H,13,17)(H,15,16). The first kappa shape index (κ1) is 14.2. The summed E-state index contributed by atoms with van der Waals surface area (Å²) in [7, 11) is 0. The third-order valence-electron chi connectivity index (χ3n) is 2.55. The molecular weight excluding hydrogens is 236 g/mol. The Bertz CT molecular complexity index is 437. The summed E-state index contributed by atoms with van der Waals surface area (Å²) in [5.41, 5.74) is 1.01. The van der Waals surface area contributed by atoms with Crippen molar-refractivity contribution in [2.75, 3.05) is 6.54 Å². The lowest BCUT2D eigenvalue weighted by Crippen LogP contribution is -2.25. The van der Waals surface area contributed by atoms with Crippen molar-refractivity contribution < 1.29 is 19.2 Å².